The molecule has 0 aliphatic rings. The summed E-state index contributed by atoms with van der Waals surface area (Å²) in [7, 11) is 0. The summed E-state index contributed by atoms with van der Waals surface area (Å²) < 4.78 is 2.96. The second kappa shape index (κ2) is 4.95. The number of Topliss-reactive ketones (excluding diaryl/α,β-unsaturated/α-hetero) is 1. The van der Waals surface area contributed by atoms with Crippen molar-refractivity contribution in [2.45, 2.75) is 17.6 Å². The van der Waals surface area contributed by atoms with Crippen LogP contribution in [0.2, 0.25) is 0 Å². The van der Waals surface area contributed by atoms with Crippen molar-refractivity contribution >= 4 is 40.6 Å². The molecule has 0 N–H and O–H groups in total. The van der Waals surface area contributed by atoms with Crippen LogP contribution in [0.25, 0.3) is 0 Å². The zero-order valence-electron chi connectivity index (χ0n) is 6.73. The van der Waals surface area contributed by atoms with Crippen LogP contribution in [0, 0.1) is 0 Å². The van der Waals surface area contributed by atoms with Crippen molar-refractivity contribution in [1.82, 2.24) is 0 Å². The Bertz CT molecular complexity index is 193. The number of hydrogen-bond acceptors (Lipinski definition) is 2. The summed E-state index contributed by atoms with van der Waals surface area (Å²) in [4.78, 5) is 11.1. The zero-order valence-corrected chi connectivity index (χ0v) is 9.00. The highest BCUT2D eigenvalue weighted by Crippen LogP contribution is 2.29. The molecule has 0 fully saturated rings. The minimum Gasteiger partial charge on any atom is -0.501 e. The summed E-state index contributed by atoms with van der Waals surface area (Å²) in [5.74, 6) is -0.569. The summed E-state index contributed by atoms with van der Waals surface area (Å²) in [6.45, 7) is 3.80. The van der Waals surface area contributed by atoms with Crippen LogP contribution in [0.15, 0.2) is 11.8 Å². The molecular weight excluding hydrogens is 222 g/mol. The molecule has 0 aromatic rings. The van der Waals surface area contributed by atoms with Gasteiger partial charge in [-0.3, -0.25) is 4.79 Å². The number of carbonyl (C=O) groups is 1. The molecule has 0 saturated heterocycles. The molecule has 0 radical (unpaired) electrons. The number of alkyl halides is 3. The molecular formula is C7H9Cl3O2. The maximum atomic E-state index is 11.1. The topological polar surface area (TPSA) is 26.3 Å². The van der Waals surface area contributed by atoms with Crippen molar-refractivity contribution in [2.75, 3.05) is 6.61 Å². The molecule has 2 nitrogen and oxygen atoms in total. The van der Waals surface area contributed by atoms with Crippen molar-refractivity contribution in [3.8, 4) is 0 Å². The number of rotatable bonds is 3. The van der Waals surface area contributed by atoms with Gasteiger partial charge >= 0.3 is 0 Å². The molecule has 0 aromatic heterocycles. The lowest BCUT2D eigenvalue weighted by Gasteiger charge is -2.08. The summed E-state index contributed by atoms with van der Waals surface area (Å²) in [6, 6.07) is 0. The van der Waals surface area contributed by atoms with Crippen molar-refractivity contribution in [1.29, 1.82) is 0 Å². The quantitative estimate of drug-likeness (QED) is 0.424. The lowest BCUT2D eigenvalue weighted by Crippen LogP contribution is -2.19. The molecule has 0 atom stereocenters. The molecule has 0 rings (SSSR count). The Morgan fingerprint density at radius 1 is 1.50 bits per heavy atom. The number of ketones is 1. The zero-order chi connectivity index (χ0) is 9.78. The van der Waals surface area contributed by atoms with Crippen LogP contribution < -0.4 is 0 Å². The van der Waals surface area contributed by atoms with E-state index >= 15 is 0 Å². The fourth-order valence-electron chi connectivity index (χ4n) is 0.485. The number of carbonyl (C=O) groups excluding carboxylic acids is 1. The fraction of sp³-hybridized carbons (Fsp3) is 0.571. The molecule has 0 aromatic carbocycles. The molecule has 0 spiro atoms. The van der Waals surface area contributed by atoms with Gasteiger partial charge in [-0.1, -0.05) is 34.8 Å². The van der Waals surface area contributed by atoms with Gasteiger partial charge in [0.05, 0.1) is 12.9 Å². The summed E-state index contributed by atoms with van der Waals surface area (Å²) >= 11 is 16.0. The normalized spacial score (nSPS) is 12.9. The minimum atomic E-state index is -1.89. The van der Waals surface area contributed by atoms with E-state index in [4.69, 9.17) is 39.5 Å². The summed E-state index contributed by atoms with van der Waals surface area (Å²) in [5.41, 5.74) is 0.289. The highest BCUT2D eigenvalue weighted by atomic mass is 35.6. The standard InChI is InChI=1S/C7H9Cl3O2/c1-3-12-4-5(2)6(11)7(8,9)10/h4H,3H2,1-2H3/b5-4+. The van der Waals surface area contributed by atoms with Gasteiger partial charge in [0.15, 0.2) is 0 Å². The monoisotopic (exact) mass is 230 g/mol. The van der Waals surface area contributed by atoms with E-state index < -0.39 is 9.58 Å². The van der Waals surface area contributed by atoms with Crippen LogP contribution >= 0.6 is 34.8 Å². The van der Waals surface area contributed by atoms with Crippen molar-refractivity contribution < 1.29 is 9.53 Å². The molecule has 0 aliphatic heterocycles. The van der Waals surface area contributed by atoms with E-state index in [0.29, 0.717) is 6.61 Å². The van der Waals surface area contributed by atoms with Crippen molar-refractivity contribution in [3.05, 3.63) is 11.8 Å². The second-order valence-corrected chi connectivity index (χ2v) is 4.36. The lowest BCUT2D eigenvalue weighted by molar-refractivity contribution is -0.114. The van der Waals surface area contributed by atoms with Gasteiger partial charge in [0.1, 0.15) is 0 Å². The fourth-order valence-corrected chi connectivity index (χ4v) is 0.933. The third-order valence-electron chi connectivity index (χ3n) is 1.04. The van der Waals surface area contributed by atoms with E-state index in [9.17, 15) is 4.79 Å². The Morgan fingerprint density at radius 2 is 2.00 bits per heavy atom. The van der Waals surface area contributed by atoms with Gasteiger partial charge in [0, 0.05) is 5.57 Å². The molecule has 0 aliphatic carbocycles. The van der Waals surface area contributed by atoms with Gasteiger partial charge in [0.25, 0.3) is 3.79 Å². The number of ether oxygens (including phenoxy) is 1. The smallest absolute Gasteiger partial charge is 0.253 e. The molecule has 12 heavy (non-hydrogen) atoms. The number of halogens is 3. The Labute approximate surface area is 86.4 Å². The van der Waals surface area contributed by atoms with E-state index in [0.717, 1.165) is 0 Å². The summed E-state index contributed by atoms with van der Waals surface area (Å²) in [5, 5.41) is 0. The van der Waals surface area contributed by atoms with Crippen LogP contribution in [0.5, 0.6) is 0 Å². The molecule has 70 valence electrons. The summed E-state index contributed by atoms with van der Waals surface area (Å²) in [6.07, 6.45) is 1.28. The molecule has 0 bridgehead atoms. The third kappa shape index (κ3) is 4.19. The van der Waals surface area contributed by atoms with E-state index in [2.05, 4.69) is 0 Å². The molecule has 5 heteroatoms. The van der Waals surface area contributed by atoms with E-state index in [1.165, 1.54) is 13.2 Å². The number of hydrogen-bond donors (Lipinski definition) is 0. The maximum Gasteiger partial charge on any atom is 0.253 e. The molecule has 0 saturated carbocycles. The van der Waals surface area contributed by atoms with Gasteiger partial charge in [-0.2, -0.15) is 0 Å². The first-order valence-electron chi connectivity index (χ1n) is 3.29. The maximum absolute atomic E-state index is 11.1. The predicted molar refractivity (Wildman–Crippen MR) is 50.7 cm³/mol. The SMILES string of the molecule is CCO/C=C(\C)C(=O)C(Cl)(Cl)Cl. The van der Waals surface area contributed by atoms with E-state index in [-0.39, 0.29) is 5.57 Å². The predicted octanol–water partition coefficient (Wildman–Crippen LogP) is 2.87. The third-order valence-corrected chi connectivity index (χ3v) is 1.56. The van der Waals surface area contributed by atoms with Crippen molar-refractivity contribution in [2.24, 2.45) is 0 Å². The average molecular weight is 232 g/mol. The van der Waals surface area contributed by atoms with Crippen LogP contribution in [0.1, 0.15) is 13.8 Å². The largest absolute Gasteiger partial charge is 0.501 e. The first-order valence-corrected chi connectivity index (χ1v) is 4.43. The molecule has 0 amide bonds. The second-order valence-electron chi connectivity index (χ2n) is 2.08. The van der Waals surface area contributed by atoms with E-state index in [1.54, 1.807) is 6.92 Å². The first-order chi connectivity index (χ1) is 5.39. The van der Waals surface area contributed by atoms with Gasteiger partial charge in [-0.05, 0) is 13.8 Å². The Morgan fingerprint density at radius 3 is 2.33 bits per heavy atom. The first kappa shape index (κ1) is 12.1. The van der Waals surface area contributed by atoms with Gasteiger partial charge in [-0.15, -0.1) is 0 Å². The van der Waals surface area contributed by atoms with Crippen LogP contribution in [0.4, 0.5) is 0 Å². The minimum absolute atomic E-state index is 0.289. The van der Waals surface area contributed by atoms with Crippen LogP contribution in [0.3, 0.4) is 0 Å². The highest BCUT2D eigenvalue weighted by Gasteiger charge is 2.31. The highest BCUT2D eigenvalue weighted by molar-refractivity contribution is 6.77. The molecule has 0 unspecified atom stereocenters. The number of allylic oxidation sites excluding steroid dienone is 1. The van der Waals surface area contributed by atoms with E-state index in [1.807, 2.05) is 0 Å². The van der Waals surface area contributed by atoms with Crippen LogP contribution in [-0.2, 0) is 9.53 Å². The Balaban J connectivity index is 4.30. The Kier molecular flexibility index (Phi) is 4.98. The Hall–Kier alpha value is 0.0800. The van der Waals surface area contributed by atoms with Gasteiger partial charge in [-0.25, -0.2) is 0 Å². The van der Waals surface area contributed by atoms with Crippen molar-refractivity contribution in [3.63, 3.8) is 0 Å². The molecule has 0 heterocycles. The van der Waals surface area contributed by atoms with Crippen LogP contribution in [-0.4, -0.2) is 16.2 Å². The lowest BCUT2D eigenvalue weighted by atomic mass is 10.2. The van der Waals surface area contributed by atoms with Gasteiger partial charge < -0.3 is 4.74 Å². The van der Waals surface area contributed by atoms with Gasteiger partial charge in [0.2, 0.25) is 5.78 Å². The average Bonchev–Trinajstić information content (AvgIpc) is 1.97.